The number of benzene rings is 2. The van der Waals surface area contributed by atoms with E-state index < -0.39 is 4.92 Å². The monoisotopic (exact) mass is 254 g/mol. The van der Waals surface area contributed by atoms with E-state index in [1.54, 1.807) is 36.4 Å². The van der Waals surface area contributed by atoms with Gasteiger partial charge in [0.05, 0.1) is 16.6 Å². The van der Waals surface area contributed by atoms with E-state index in [0.29, 0.717) is 11.1 Å². The van der Waals surface area contributed by atoms with Crippen molar-refractivity contribution >= 4 is 5.69 Å². The number of nitro groups is 1. The second-order valence-corrected chi connectivity index (χ2v) is 3.78. The summed E-state index contributed by atoms with van der Waals surface area (Å²) in [7, 11) is 0. The van der Waals surface area contributed by atoms with Crippen molar-refractivity contribution < 1.29 is 9.66 Å². The van der Waals surface area contributed by atoms with Crippen molar-refractivity contribution in [2.45, 2.75) is 6.61 Å². The van der Waals surface area contributed by atoms with Gasteiger partial charge in [-0.25, -0.2) is 0 Å². The average Bonchev–Trinajstić information content (AvgIpc) is 2.45. The number of ether oxygens (including phenoxy) is 1. The lowest BCUT2D eigenvalue weighted by Gasteiger charge is -2.07. The molecule has 0 spiro atoms. The predicted octanol–water partition coefficient (Wildman–Crippen LogP) is 3.05. The third kappa shape index (κ3) is 2.87. The van der Waals surface area contributed by atoms with E-state index in [0.717, 1.165) is 0 Å². The van der Waals surface area contributed by atoms with E-state index in [4.69, 9.17) is 10.00 Å². The summed E-state index contributed by atoms with van der Waals surface area (Å²) in [6.45, 7) is 0.120. The van der Waals surface area contributed by atoms with E-state index >= 15 is 0 Å². The van der Waals surface area contributed by atoms with Crippen LogP contribution in [-0.2, 0) is 6.61 Å². The highest BCUT2D eigenvalue weighted by atomic mass is 16.6. The molecule has 0 aliphatic rings. The highest BCUT2D eigenvalue weighted by Crippen LogP contribution is 2.26. The zero-order valence-electron chi connectivity index (χ0n) is 9.95. The van der Waals surface area contributed by atoms with Crippen LogP contribution in [0.1, 0.15) is 11.1 Å². The van der Waals surface area contributed by atoms with Gasteiger partial charge in [0.2, 0.25) is 0 Å². The summed E-state index contributed by atoms with van der Waals surface area (Å²) in [5, 5.41) is 19.8. The largest absolute Gasteiger partial charge is 0.482 e. The van der Waals surface area contributed by atoms with Gasteiger partial charge in [-0.05, 0) is 12.1 Å². The summed E-state index contributed by atoms with van der Waals surface area (Å²) in [6, 6.07) is 15.2. The number of nitriles is 1. The lowest BCUT2D eigenvalue weighted by Crippen LogP contribution is -2.00. The van der Waals surface area contributed by atoms with Crippen LogP contribution in [0.25, 0.3) is 0 Å². The molecule has 19 heavy (non-hydrogen) atoms. The molecule has 0 saturated heterocycles. The fourth-order valence-electron chi connectivity index (χ4n) is 1.64. The van der Waals surface area contributed by atoms with Gasteiger partial charge in [-0.3, -0.25) is 10.1 Å². The fraction of sp³-hybridized carbons (Fsp3) is 0.0714. The van der Waals surface area contributed by atoms with Crippen LogP contribution in [0.2, 0.25) is 0 Å². The van der Waals surface area contributed by atoms with Gasteiger partial charge in [0.25, 0.3) is 0 Å². The number of nitro benzene ring substituents is 1. The van der Waals surface area contributed by atoms with E-state index in [-0.39, 0.29) is 18.0 Å². The summed E-state index contributed by atoms with van der Waals surface area (Å²) in [5.41, 5.74) is 1.11. The highest BCUT2D eigenvalue weighted by molar-refractivity contribution is 5.46. The maximum atomic E-state index is 10.8. The molecule has 5 nitrogen and oxygen atoms in total. The molecule has 0 saturated carbocycles. The average molecular weight is 254 g/mol. The molecular weight excluding hydrogens is 244 g/mol. The molecule has 0 bridgehead atoms. The first-order chi connectivity index (χ1) is 9.22. The zero-order chi connectivity index (χ0) is 13.7. The van der Waals surface area contributed by atoms with Crippen molar-refractivity contribution in [2.24, 2.45) is 0 Å². The quantitative estimate of drug-likeness (QED) is 0.620. The standard InChI is InChI=1S/C14H10N2O3/c15-9-11-5-1-2-6-12(11)10-19-14-8-4-3-7-13(14)16(17)18/h1-8H,10H2. The van der Waals surface area contributed by atoms with Crippen molar-refractivity contribution in [1.29, 1.82) is 5.26 Å². The second-order valence-electron chi connectivity index (χ2n) is 3.78. The van der Waals surface area contributed by atoms with Gasteiger partial charge in [-0.15, -0.1) is 0 Å². The molecule has 2 aromatic carbocycles. The van der Waals surface area contributed by atoms with Gasteiger partial charge in [0.15, 0.2) is 5.75 Å². The van der Waals surface area contributed by atoms with Crippen LogP contribution in [0.4, 0.5) is 5.69 Å². The number of rotatable bonds is 4. The van der Waals surface area contributed by atoms with Crippen LogP contribution in [-0.4, -0.2) is 4.92 Å². The Bertz CT molecular complexity index is 647. The van der Waals surface area contributed by atoms with Gasteiger partial charge in [0.1, 0.15) is 6.61 Å². The van der Waals surface area contributed by atoms with E-state index in [1.165, 1.54) is 12.1 Å². The minimum absolute atomic E-state index is 0.0862. The predicted molar refractivity (Wildman–Crippen MR) is 68.6 cm³/mol. The van der Waals surface area contributed by atoms with Crippen LogP contribution in [0, 0.1) is 21.4 Å². The molecule has 2 aromatic rings. The molecule has 0 aliphatic heterocycles. The maximum Gasteiger partial charge on any atom is 0.310 e. The van der Waals surface area contributed by atoms with E-state index in [1.807, 2.05) is 0 Å². The maximum absolute atomic E-state index is 10.8. The van der Waals surface area contributed by atoms with E-state index in [9.17, 15) is 10.1 Å². The summed E-state index contributed by atoms with van der Waals surface area (Å²) >= 11 is 0. The van der Waals surface area contributed by atoms with Crippen LogP contribution in [0.15, 0.2) is 48.5 Å². The van der Waals surface area contributed by atoms with Crippen molar-refractivity contribution in [2.75, 3.05) is 0 Å². The normalized spacial score (nSPS) is 9.63. The number of nitrogens with zero attached hydrogens (tertiary/aromatic N) is 2. The molecule has 0 N–H and O–H groups in total. The topological polar surface area (TPSA) is 76.2 Å². The first-order valence-electron chi connectivity index (χ1n) is 5.56. The molecule has 94 valence electrons. The van der Waals surface area contributed by atoms with Gasteiger partial charge in [0, 0.05) is 11.6 Å². The van der Waals surface area contributed by atoms with Crippen molar-refractivity contribution in [3.05, 3.63) is 69.8 Å². The smallest absolute Gasteiger partial charge is 0.310 e. The van der Waals surface area contributed by atoms with Crippen molar-refractivity contribution in [1.82, 2.24) is 0 Å². The Morgan fingerprint density at radius 3 is 2.58 bits per heavy atom. The molecular formula is C14H10N2O3. The number of para-hydroxylation sites is 2. The Balaban J connectivity index is 2.20. The number of hydrogen-bond acceptors (Lipinski definition) is 4. The molecule has 0 heterocycles. The summed E-state index contributed by atoms with van der Waals surface area (Å²) in [5.74, 6) is 0.195. The first-order valence-corrected chi connectivity index (χ1v) is 5.56. The third-order valence-corrected chi connectivity index (χ3v) is 2.58. The van der Waals surface area contributed by atoms with Crippen LogP contribution in [0.5, 0.6) is 5.75 Å². The summed E-state index contributed by atoms with van der Waals surface area (Å²) in [6.07, 6.45) is 0. The van der Waals surface area contributed by atoms with Gasteiger partial charge in [-0.2, -0.15) is 5.26 Å². The molecule has 0 unspecified atom stereocenters. The van der Waals surface area contributed by atoms with Crippen molar-refractivity contribution in [3.8, 4) is 11.8 Å². The molecule has 2 rings (SSSR count). The summed E-state index contributed by atoms with van der Waals surface area (Å²) in [4.78, 5) is 10.3. The van der Waals surface area contributed by atoms with Crippen LogP contribution >= 0.6 is 0 Å². The van der Waals surface area contributed by atoms with Gasteiger partial charge < -0.3 is 4.74 Å². The van der Waals surface area contributed by atoms with Crippen LogP contribution in [0.3, 0.4) is 0 Å². The fourth-order valence-corrected chi connectivity index (χ4v) is 1.64. The minimum Gasteiger partial charge on any atom is -0.482 e. The molecule has 0 fully saturated rings. The lowest BCUT2D eigenvalue weighted by molar-refractivity contribution is -0.385. The van der Waals surface area contributed by atoms with E-state index in [2.05, 4.69) is 6.07 Å². The molecule has 0 aromatic heterocycles. The summed E-state index contributed by atoms with van der Waals surface area (Å²) < 4.78 is 5.43. The molecule has 0 radical (unpaired) electrons. The molecule has 0 amide bonds. The van der Waals surface area contributed by atoms with Gasteiger partial charge >= 0.3 is 5.69 Å². The van der Waals surface area contributed by atoms with Gasteiger partial charge in [-0.1, -0.05) is 30.3 Å². The third-order valence-electron chi connectivity index (χ3n) is 2.58. The Hall–Kier alpha value is -2.87. The highest BCUT2D eigenvalue weighted by Gasteiger charge is 2.14. The SMILES string of the molecule is N#Cc1ccccc1COc1ccccc1[N+](=O)[O-]. The Morgan fingerprint density at radius 2 is 1.84 bits per heavy atom. The zero-order valence-corrected chi connectivity index (χ0v) is 9.95. The minimum atomic E-state index is -0.495. The van der Waals surface area contributed by atoms with Crippen LogP contribution < -0.4 is 4.74 Å². The molecule has 0 aliphatic carbocycles. The Morgan fingerprint density at radius 1 is 1.16 bits per heavy atom. The number of hydrogen-bond donors (Lipinski definition) is 0. The van der Waals surface area contributed by atoms with Crippen molar-refractivity contribution in [3.63, 3.8) is 0 Å². The first kappa shape index (κ1) is 12.6. The lowest BCUT2D eigenvalue weighted by atomic mass is 10.1. The Labute approximate surface area is 109 Å². The second kappa shape index (κ2) is 5.65. The molecule has 0 atom stereocenters. The Kier molecular flexibility index (Phi) is 3.74. The molecule has 5 heteroatoms.